The third kappa shape index (κ3) is 4.81. The van der Waals surface area contributed by atoms with Crippen LogP contribution in [0.2, 0.25) is 0 Å². The molecule has 0 bridgehead atoms. The van der Waals surface area contributed by atoms with Crippen molar-refractivity contribution >= 4 is 11.6 Å². The van der Waals surface area contributed by atoms with Crippen LogP contribution in [-0.2, 0) is 19.7 Å². The van der Waals surface area contributed by atoms with Gasteiger partial charge in [-0.15, -0.1) is 0 Å². The average Bonchev–Trinajstić information content (AvgIpc) is 3.35. The molecule has 0 atom stereocenters. The first-order chi connectivity index (χ1) is 13.9. The van der Waals surface area contributed by atoms with Gasteiger partial charge in [-0.25, -0.2) is 0 Å². The third-order valence-electron chi connectivity index (χ3n) is 4.32. The number of hydrogen-bond acceptors (Lipinski definition) is 6. The molecule has 0 radical (unpaired) electrons. The van der Waals surface area contributed by atoms with Crippen LogP contribution in [0.15, 0.2) is 47.0 Å². The molecule has 152 valence electrons. The maximum Gasteiger partial charge on any atom is 0.311 e. The lowest BCUT2D eigenvalue weighted by atomic mass is 10.2. The Bertz CT molecular complexity index is 1020. The Morgan fingerprint density at radius 3 is 2.79 bits per heavy atom. The predicted molar refractivity (Wildman–Crippen MR) is 105 cm³/mol. The minimum atomic E-state index is -0.492. The van der Waals surface area contributed by atoms with Crippen molar-refractivity contribution in [3.8, 4) is 5.75 Å². The van der Waals surface area contributed by atoms with Crippen molar-refractivity contribution in [3.05, 3.63) is 75.5 Å². The number of hydrogen-bond donors (Lipinski definition) is 0. The molecule has 9 nitrogen and oxygen atoms in total. The van der Waals surface area contributed by atoms with E-state index in [9.17, 15) is 14.9 Å². The molecule has 9 heteroatoms. The highest BCUT2D eigenvalue weighted by molar-refractivity contribution is 5.91. The Balaban J connectivity index is 1.63. The Morgan fingerprint density at radius 2 is 2.10 bits per heavy atom. The molecular formula is C20H22N4O5. The first-order valence-electron chi connectivity index (χ1n) is 9.11. The lowest BCUT2D eigenvalue weighted by molar-refractivity contribution is -0.386. The number of carbonyl (C=O) groups excluding carboxylic acids is 1. The molecule has 3 aromatic rings. The van der Waals surface area contributed by atoms with Gasteiger partial charge in [0.25, 0.3) is 5.91 Å². The molecule has 29 heavy (non-hydrogen) atoms. The SMILES string of the molecule is CCn1ccc(CN(C)C(=O)c2ccc(COc3ccc(C)cc3[N+](=O)[O-])o2)n1. The van der Waals surface area contributed by atoms with Crippen molar-refractivity contribution in [2.24, 2.45) is 0 Å². The molecule has 1 aromatic carbocycles. The highest BCUT2D eigenvalue weighted by atomic mass is 16.6. The van der Waals surface area contributed by atoms with Gasteiger partial charge in [-0.3, -0.25) is 19.6 Å². The van der Waals surface area contributed by atoms with Gasteiger partial charge in [-0.1, -0.05) is 6.07 Å². The number of aromatic nitrogens is 2. The molecule has 1 amide bonds. The summed E-state index contributed by atoms with van der Waals surface area (Å²) >= 11 is 0. The summed E-state index contributed by atoms with van der Waals surface area (Å²) in [5.74, 6) is 0.420. The highest BCUT2D eigenvalue weighted by Crippen LogP contribution is 2.28. The molecule has 0 N–H and O–H groups in total. The van der Waals surface area contributed by atoms with Crippen LogP contribution in [0.3, 0.4) is 0 Å². The first-order valence-corrected chi connectivity index (χ1v) is 9.11. The summed E-state index contributed by atoms with van der Waals surface area (Å²) in [6.07, 6.45) is 1.86. The predicted octanol–water partition coefficient (Wildman–Crippen LogP) is 3.56. The summed E-state index contributed by atoms with van der Waals surface area (Å²) < 4.78 is 12.9. The number of rotatable bonds is 8. The fourth-order valence-electron chi connectivity index (χ4n) is 2.78. The number of furan rings is 1. The second-order valence-corrected chi connectivity index (χ2v) is 6.61. The quantitative estimate of drug-likeness (QED) is 0.424. The lowest BCUT2D eigenvalue weighted by Gasteiger charge is -2.14. The van der Waals surface area contributed by atoms with Crippen molar-refractivity contribution in [2.45, 2.75) is 33.5 Å². The third-order valence-corrected chi connectivity index (χ3v) is 4.32. The number of ether oxygens (including phenoxy) is 1. The normalized spacial score (nSPS) is 10.7. The minimum Gasteiger partial charge on any atom is -0.479 e. The Hall–Kier alpha value is -3.62. The number of aryl methyl sites for hydroxylation is 2. The van der Waals surface area contributed by atoms with E-state index >= 15 is 0 Å². The summed E-state index contributed by atoms with van der Waals surface area (Å²) in [6.45, 7) is 4.85. The molecule has 0 fully saturated rings. The molecule has 0 aliphatic carbocycles. The minimum absolute atomic E-state index is 0.0260. The molecule has 0 spiro atoms. The topological polar surface area (TPSA) is 104 Å². The molecule has 0 aliphatic heterocycles. The highest BCUT2D eigenvalue weighted by Gasteiger charge is 2.19. The van der Waals surface area contributed by atoms with Crippen LogP contribution in [0.4, 0.5) is 5.69 Å². The second-order valence-electron chi connectivity index (χ2n) is 6.61. The van der Waals surface area contributed by atoms with Crippen LogP contribution in [0.5, 0.6) is 5.75 Å². The lowest BCUT2D eigenvalue weighted by Crippen LogP contribution is -2.26. The summed E-state index contributed by atoms with van der Waals surface area (Å²) in [5, 5.41) is 15.5. The van der Waals surface area contributed by atoms with Crippen molar-refractivity contribution in [2.75, 3.05) is 7.05 Å². The van der Waals surface area contributed by atoms with Crippen LogP contribution >= 0.6 is 0 Å². The van der Waals surface area contributed by atoms with Gasteiger partial charge in [-0.2, -0.15) is 5.10 Å². The van der Waals surface area contributed by atoms with Gasteiger partial charge in [0.05, 0.1) is 17.2 Å². The van der Waals surface area contributed by atoms with Gasteiger partial charge in [-0.05, 0) is 43.7 Å². The number of nitrogens with zero attached hydrogens (tertiary/aromatic N) is 4. The van der Waals surface area contributed by atoms with Crippen LogP contribution < -0.4 is 4.74 Å². The second kappa shape index (κ2) is 8.59. The van der Waals surface area contributed by atoms with Gasteiger partial charge in [0.1, 0.15) is 12.4 Å². The number of amides is 1. The van der Waals surface area contributed by atoms with Gasteiger partial charge in [0.2, 0.25) is 0 Å². The molecule has 0 saturated carbocycles. The van der Waals surface area contributed by atoms with E-state index in [1.54, 1.807) is 42.9 Å². The van der Waals surface area contributed by atoms with Crippen LogP contribution in [-0.4, -0.2) is 32.6 Å². The van der Waals surface area contributed by atoms with E-state index in [0.29, 0.717) is 12.3 Å². The summed E-state index contributed by atoms with van der Waals surface area (Å²) in [6, 6.07) is 9.77. The maximum absolute atomic E-state index is 12.6. The first kappa shape index (κ1) is 20.1. The summed E-state index contributed by atoms with van der Waals surface area (Å²) in [5.41, 5.74) is 1.44. The summed E-state index contributed by atoms with van der Waals surface area (Å²) in [7, 11) is 1.67. The molecule has 0 aliphatic rings. The van der Waals surface area contributed by atoms with Gasteiger partial charge >= 0.3 is 5.69 Å². The van der Waals surface area contributed by atoms with E-state index in [1.807, 2.05) is 19.2 Å². The van der Waals surface area contributed by atoms with Crippen LogP contribution in [0.25, 0.3) is 0 Å². The van der Waals surface area contributed by atoms with E-state index < -0.39 is 4.92 Å². The smallest absolute Gasteiger partial charge is 0.311 e. The Kier molecular flexibility index (Phi) is 5.96. The van der Waals surface area contributed by atoms with E-state index in [0.717, 1.165) is 17.8 Å². The Morgan fingerprint density at radius 1 is 1.31 bits per heavy atom. The van der Waals surface area contributed by atoms with E-state index in [2.05, 4.69) is 5.10 Å². The van der Waals surface area contributed by atoms with Gasteiger partial charge < -0.3 is 14.1 Å². The molecule has 0 unspecified atom stereocenters. The number of nitro benzene ring substituents is 1. The fraction of sp³-hybridized carbons (Fsp3) is 0.300. The molecule has 3 rings (SSSR count). The van der Waals surface area contributed by atoms with E-state index in [1.165, 1.54) is 11.0 Å². The van der Waals surface area contributed by atoms with Gasteiger partial charge in [0.15, 0.2) is 11.5 Å². The molecule has 0 saturated heterocycles. The summed E-state index contributed by atoms with van der Waals surface area (Å²) in [4.78, 5) is 24.7. The van der Waals surface area contributed by atoms with E-state index in [4.69, 9.17) is 9.15 Å². The van der Waals surface area contributed by atoms with Crippen molar-refractivity contribution < 1.29 is 18.9 Å². The van der Waals surface area contributed by atoms with Gasteiger partial charge in [0, 0.05) is 25.9 Å². The van der Waals surface area contributed by atoms with Crippen molar-refractivity contribution in [3.63, 3.8) is 0 Å². The Labute approximate surface area is 167 Å². The zero-order valence-corrected chi connectivity index (χ0v) is 16.5. The zero-order valence-electron chi connectivity index (χ0n) is 16.5. The van der Waals surface area contributed by atoms with Crippen LogP contribution in [0.1, 0.15) is 34.5 Å². The largest absolute Gasteiger partial charge is 0.479 e. The maximum atomic E-state index is 12.6. The zero-order chi connectivity index (χ0) is 21.0. The number of nitro groups is 1. The molecule has 2 aromatic heterocycles. The van der Waals surface area contributed by atoms with Crippen molar-refractivity contribution in [1.29, 1.82) is 0 Å². The monoisotopic (exact) mass is 398 g/mol. The number of benzene rings is 1. The van der Waals surface area contributed by atoms with E-state index in [-0.39, 0.29) is 29.7 Å². The van der Waals surface area contributed by atoms with Crippen LogP contribution in [0, 0.1) is 17.0 Å². The molecular weight excluding hydrogens is 376 g/mol. The average molecular weight is 398 g/mol. The van der Waals surface area contributed by atoms with Crippen molar-refractivity contribution in [1.82, 2.24) is 14.7 Å². The standard InChI is InChI=1S/C20H22N4O5/c1-4-23-10-9-15(21-23)12-22(3)20(25)19-8-6-16(29-19)13-28-18-7-5-14(2)11-17(18)24(26)27/h5-11H,4,12-13H2,1-3H3. The fourth-order valence-corrected chi connectivity index (χ4v) is 2.78. The number of carbonyl (C=O) groups is 1. The molecule has 2 heterocycles.